The number of amides is 2. The largest absolute Gasteiger partial charge is 0.451 e. The van der Waals surface area contributed by atoms with E-state index in [0.29, 0.717) is 10.8 Å². The van der Waals surface area contributed by atoms with Gasteiger partial charge >= 0.3 is 5.97 Å². The Morgan fingerprint density at radius 3 is 2.61 bits per heavy atom. The number of likely N-dealkylation sites (N-methyl/N-ethyl adjacent to an activating group) is 1. The first-order valence-corrected chi connectivity index (χ1v) is 7.57. The van der Waals surface area contributed by atoms with E-state index in [-0.39, 0.29) is 17.5 Å². The zero-order valence-corrected chi connectivity index (χ0v) is 13.4. The molecule has 1 aromatic carbocycles. The van der Waals surface area contributed by atoms with Crippen molar-refractivity contribution < 1.29 is 19.1 Å². The van der Waals surface area contributed by atoms with E-state index in [0.717, 1.165) is 11.3 Å². The van der Waals surface area contributed by atoms with E-state index in [1.54, 1.807) is 19.2 Å². The number of thiazole rings is 1. The van der Waals surface area contributed by atoms with Gasteiger partial charge in [0.1, 0.15) is 0 Å². The van der Waals surface area contributed by atoms with Crippen LogP contribution < -0.4 is 10.2 Å². The lowest BCUT2D eigenvalue weighted by molar-refractivity contribution is -0.121. The van der Waals surface area contributed by atoms with Gasteiger partial charge in [-0.2, -0.15) is 0 Å². The van der Waals surface area contributed by atoms with Gasteiger partial charge in [0.15, 0.2) is 17.4 Å². The molecule has 7 nitrogen and oxygen atoms in total. The maximum atomic E-state index is 12.0. The van der Waals surface area contributed by atoms with Crippen LogP contribution in [-0.2, 0) is 14.3 Å². The van der Waals surface area contributed by atoms with Crippen molar-refractivity contribution in [1.29, 1.82) is 0 Å². The summed E-state index contributed by atoms with van der Waals surface area (Å²) in [6.07, 6.45) is 0. The highest BCUT2D eigenvalue weighted by Gasteiger charge is 2.17. The molecule has 120 valence electrons. The number of esters is 1. The molecule has 0 saturated heterocycles. The van der Waals surface area contributed by atoms with Crippen LogP contribution in [0.3, 0.4) is 0 Å². The first-order chi connectivity index (χ1) is 11.0. The predicted octanol–water partition coefficient (Wildman–Crippen LogP) is 1.92. The van der Waals surface area contributed by atoms with Crippen molar-refractivity contribution in [3.05, 3.63) is 41.4 Å². The number of aromatic nitrogens is 1. The van der Waals surface area contributed by atoms with Gasteiger partial charge in [0, 0.05) is 25.0 Å². The van der Waals surface area contributed by atoms with Crippen molar-refractivity contribution in [1.82, 2.24) is 4.98 Å². The molecule has 0 aliphatic carbocycles. The summed E-state index contributed by atoms with van der Waals surface area (Å²) in [4.78, 5) is 40.1. The minimum atomic E-state index is -0.715. The second-order valence-corrected chi connectivity index (χ2v) is 5.44. The number of rotatable bonds is 5. The first kappa shape index (κ1) is 16.6. The summed E-state index contributed by atoms with van der Waals surface area (Å²) in [6, 6.07) is 9.02. The lowest BCUT2D eigenvalue weighted by atomic mass is 10.3. The molecule has 2 amide bonds. The molecule has 8 heteroatoms. The van der Waals surface area contributed by atoms with Crippen LogP contribution in [0.5, 0.6) is 0 Å². The van der Waals surface area contributed by atoms with E-state index < -0.39 is 12.6 Å². The summed E-state index contributed by atoms with van der Waals surface area (Å²) in [6.45, 7) is 0.953. The van der Waals surface area contributed by atoms with Gasteiger partial charge in [0.05, 0.1) is 0 Å². The molecule has 0 aliphatic rings. The molecule has 2 rings (SSSR count). The highest BCUT2D eigenvalue weighted by atomic mass is 32.1. The molecular formula is C15H15N3O4S. The standard InChI is InChI=1S/C15H15N3O4S/c1-10(19)16-15-17-12(9-23-15)14(21)22-8-13(20)18(2)11-6-4-3-5-7-11/h3-7,9H,8H2,1-2H3,(H,16,17,19). The van der Waals surface area contributed by atoms with Crippen molar-refractivity contribution in [2.75, 3.05) is 23.9 Å². The molecule has 1 aromatic heterocycles. The van der Waals surface area contributed by atoms with Gasteiger partial charge in [-0.3, -0.25) is 9.59 Å². The number of ether oxygens (including phenoxy) is 1. The number of carbonyl (C=O) groups excluding carboxylic acids is 3. The number of hydrogen-bond acceptors (Lipinski definition) is 6. The molecule has 2 aromatic rings. The van der Waals surface area contributed by atoms with Crippen molar-refractivity contribution in [2.45, 2.75) is 6.92 Å². The number of anilines is 2. The Kier molecular flexibility index (Phi) is 5.42. The molecule has 0 aliphatic heterocycles. The summed E-state index contributed by atoms with van der Waals surface area (Å²) in [5.41, 5.74) is 0.754. The van der Waals surface area contributed by atoms with Crippen LogP contribution >= 0.6 is 11.3 Å². The highest BCUT2D eigenvalue weighted by molar-refractivity contribution is 7.14. The molecular weight excluding hydrogens is 318 g/mol. The molecule has 0 atom stereocenters. The van der Waals surface area contributed by atoms with Crippen LogP contribution in [0.15, 0.2) is 35.7 Å². The molecule has 23 heavy (non-hydrogen) atoms. The molecule has 0 saturated carbocycles. The van der Waals surface area contributed by atoms with Crippen LogP contribution in [-0.4, -0.2) is 36.4 Å². The SMILES string of the molecule is CC(=O)Nc1nc(C(=O)OCC(=O)N(C)c2ccccc2)cs1. The van der Waals surface area contributed by atoms with Gasteiger partial charge in [-0.15, -0.1) is 11.3 Å². The van der Waals surface area contributed by atoms with E-state index in [9.17, 15) is 14.4 Å². The molecule has 0 fully saturated rings. The van der Waals surface area contributed by atoms with E-state index in [2.05, 4.69) is 10.3 Å². The minimum Gasteiger partial charge on any atom is -0.451 e. The number of carbonyl (C=O) groups is 3. The van der Waals surface area contributed by atoms with Gasteiger partial charge in [0.2, 0.25) is 5.91 Å². The number of nitrogens with zero attached hydrogens (tertiary/aromatic N) is 2. The molecule has 0 bridgehead atoms. The third-order valence-corrected chi connectivity index (χ3v) is 3.60. The van der Waals surface area contributed by atoms with E-state index in [1.807, 2.05) is 18.2 Å². The summed E-state index contributed by atoms with van der Waals surface area (Å²) >= 11 is 1.10. The van der Waals surface area contributed by atoms with E-state index in [4.69, 9.17) is 4.74 Å². The molecule has 0 spiro atoms. The number of hydrogen-bond donors (Lipinski definition) is 1. The van der Waals surface area contributed by atoms with Crippen LogP contribution in [0.4, 0.5) is 10.8 Å². The third kappa shape index (κ3) is 4.62. The monoisotopic (exact) mass is 333 g/mol. The lowest BCUT2D eigenvalue weighted by Gasteiger charge is -2.16. The quantitative estimate of drug-likeness (QED) is 0.845. The Morgan fingerprint density at radius 1 is 1.26 bits per heavy atom. The summed E-state index contributed by atoms with van der Waals surface area (Å²) in [5, 5.41) is 4.23. The summed E-state index contributed by atoms with van der Waals surface area (Å²) < 4.78 is 4.95. The molecule has 0 unspecified atom stereocenters. The lowest BCUT2D eigenvalue weighted by Crippen LogP contribution is -2.31. The smallest absolute Gasteiger partial charge is 0.358 e. The fourth-order valence-corrected chi connectivity index (χ4v) is 2.40. The topological polar surface area (TPSA) is 88.6 Å². The third-order valence-electron chi connectivity index (χ3n) is 2.84. The number of nitrogens with one attached hydrogen (secondary N) is 1. The molecule has 1 heterocycles. The maximum absolute atomic E-state index is 12.0. The van der Waals surface area contributed by atoms with Crippen LogP contribution in [0.1, 0.15) is 17.4 Å². The van der Waals surface area contributed by atoms with E-state index >= 15 is 0 Å². The summed E-state index contributed by atoms with van der Waals surface area (Å²) in [5.74, 6) is -1.35. The van der Waals surface area contributed by atoms with E-state index in [1.165, 1.54) is 17.2 Å². The van der Waals surface area contributed by atoms with Crippen LogP contribution in [0, 0.1) is 0 Å². The van der Waals surface area contributed by atoms with Gasteiger partial charge < -0.3 is 15.0 Å². The highest BCUT2D eigenvalue weighted by Crippen LogP contribution is 2.16. The Hall–Kier alpha value is -2.74. The van der Waals surface area contributed by atoms with Crippen molar-refractivity contribution in [2.24, 2.45) is 0 Å². The maximum Gasteiger partial charge on any atom is 0.358 e. The molecule has 0 radical (unpaired) electrons. The number of benzene rings is 1. The predicted molar refractivity (Wildman–Crippen MR) is 86.6 cm³/mol. The van der Waals surface area contributed by atoms with Crippen molar-refractivity contribution in [3.63, 3.8) is 0 Å². The van der Waals surface area contributed by atoms with Gasteiger partial charge in [-0.1, -0.05) is 18.2 Å². The Labute approximate surface area is 136 Å². The van der Waals surface area contributed by atoms with Crippen LogP contribution in [0.25, 0.3) is 0 Å². The Bertz CT molecular complexity index is 715. The van der Waals surface area contributed by atoms with Crippen LogP contribution in [0.2, 0.25) is 0 Å². The molecule has 1 N–H and O–H groups in total. The first-order valence-electron chi connectivity index (χ1n) is 6.69. The van der Waals surface area contributed by atoms with Gasteiger partial charge in [-0.05, 0) is 12.1 Å². The average molecular weight is 333 g/mol. The number of para-hydroxylation sites is 1. The zero-order chi connectivity index (χ0) is 16.8. The minimum absolute atomic E-state index is 0.0499. The normalized spacial score (nSPS) is 10.0. The Balaban J connectivity index is 1.90. The fourth-order valence-electron chi connectivity index (χ4n) is 1.67. The fraction of sp³-hybridized carbons (Fsp3) is 0.200. The summed E-state index contributed by atoms with van der Waals surface area (Å²) in [7, 11) is 1.60. The van der Waals surface area contributed by atoms with Gasteiger partial charge in [-0.25, -0.2) is 9.78 Å². The second kappa shape index (κ2) is 7.50. The Morgan fingerprint density at radius 2 is 1.96 bits per heavy atom. The van der Waals surface area contributed by atoms with Crippen molar-refractivity contribution in [3.8, 4) is 0 Å². The second-order valence-electron chi connectivity index (χ2n) is 4.58. The average Bonchev–Trinajstić information content (AvgIpc) is 3.00. The zero-order valence-electron chi connectivity index (χ0n) is 12.6. The van der Waals surface area contributed by atoms with Gasteiger partial charge in [0.25, 0.3) is 5.91 Å². The van der Waals surface area contributed by atoms with Crippen molar-refractivity contribution >= 4 is 39.9 Å².